The Labute approximate surface area is 122 Å². The van der Waals surface area contributed by atoms with E-state index in [-0.39, 0.29) is 5.97 Å². The van der Waals surface area contributed by atoms with Crippen LogP contribution in [0.15, 0.2) is 24.3 Å². The minimum absolute atomic E-state index is 0.188. The van der Waals surface area contributed by atoms with Gasteiger partial charge in [0.15, 0.2) is 0 Å². The number of unbranched alkanes of at least 4 members (excludes halogenated alkanes) is 4. The van der Waals surface area contributed by atoms with Crippen molar-refractivity contribution in [3.63, 3.8) is 0 Å². The number of esters is 1. The van der Waals surface area contributed by atoms with Crippen LogP contribution in [0.1, 0.15) is 54.9 Å². The summed E-state index contributed by atoms with van der Waals surface area (Å²) in [7, 11) is 1.91. The maximum atomic E-state index is 12.1. The van der Waals surface area contributed by atoms with Gasteiger partial charge in [0.05, 0.1) is 12.2 Å². The zero-order valence-electron chi connectivity index (χ0n) is 12.8. The lowest BCUT2D eigenvalue weighted by Crippen LogP contribution is -2.14. The maximum Gasteiger partial charge on any atom is 0.338 e. The first-order valence-electron chi connectivity index (χ1n) is 7.69. The van der Waals surface area contributed by atoms with E-state index in [1.54, 1.807) is 0 Å². The molecule has 3 nitrogen and oxygen atoms in total. The summed E-state index contributed by atoms with van der Waals surface area (Å²) in [6.45, 7) is 3.59. The first-order valence-corrected chi connectivity index (χ1v) is 7.69. The van der Waals surface area contributed by atoms with Crippen LogP contribution in [0.4, 0.5) is 0 Å². The van der Waals surface area contributed by atoms with Crippen molar-refractivity contribution in [1.82, 2.24) is 5.32 Å². The molecule has 0 heterocycles. The molecule has 1 aromatic rings. The summed E-state index contributed by atoms with van der Waals surface area (Å²) < 4.78 is 5.37. The fourth-order valence-electron chi connectivity index (χ4n) is 2.15. The van der Waals surface area contributed by atoms with Gasteiger partial charge in [-0.2, -0.15) is 0 Å². The molecule has 0 aliphatic heterocycles. The summed E-state index contributed by atoms with van der Waals surface area (Å²) in [5, 5.41) is 3.10. The minimum atomic E-state index is -0.188. The van der Waals surface area contributed by atoms with Crippen molar-refractivity contribution < 1.29 is 9.53 Å². The molecule has 0 aliphatic rings. The second kappa shape index (κ2) is 10.4. The van der Waals surface area contributed by atoms with Gasteiger partial charge in [-0.1, -0.05) is 50.8 Å². The number of hydrogen-bond acceptors (Lipinski definition) is 3. The Bertz CT molecular complexity index is 390. The van der Waals surface area contributed by atoms with Gasteiger partial charge < -0.3 is 10.1 Å². The molecule has 1 N–H and O–H groups in total. The highest BCUT2D eigenvalue weighted by Crippen LogP contribution is 2.11. The summed E-state index contributed by atoms with van der Waals surface area (Å²) in [6, 6.07) is 7.70. The van der Waals surface area contributed by atoms with Gasteiger partial charge in [-0.15, -0.1) is 0 Å². The van der Waals surface area contributed by atoms with Gasteiger partial charge in [0.1, 0.15) is 0 Å². The highest BCUT2D eigenvalue weighted by Gasteiger charge is 2.11. The number of carbonyl (C=O) groups is 1. The van der Waals surface area contributed by atoms with E-state index in [0.717, 1.165) is 31.4 Å². The van der Waals surface area contributed by atoms with Gasteiger partial charge in [0.2, 0.25) is 0 Å². The second-order valence-electron chi connectivity index (χ2n) is 5.06. The molecule has 112 valence electrons. The van der Waals surface area contributed by atoms with E-state index in [1.165, 1.54) is 19.3 Å². The zero-order valence-corrected chi connectivity index (χ0v) is 12.8. The van der Waals surface area contributed by atoms with Gasteiger partial charge in [0, 0.05) is 0 Å². The van der Waals surface area contributed by atoms with E-state index < -0.39 is 0 Å². The van der Waals surface area contributed by atoms with Crippen LogP contribution in [0, 0.1) is 0 Å². The first kappa shape index (κ1) is 16.7. The van der Waals surface area contributed by atoms with E-state index in [1.807, 2.05) is 31.3 Å². The average molecular weight is 277 g/mol. The quantitative estimate of drug-likeness (QED) is 0.525. The average Bonchev–Trinajstić information content (AvgIpc) is 2.48. The van der Waals surface area contributed by atoms with Crippen molar-refractivity contribution in [1.29, 1.82) is 0 Å². The number of benzene rings is 1. The highest BCUT2D eigenvalue weighted by atomic mass is 16.5. The normalized spacial score (nSPS) is 10.5. The molecule has 1 aromatic carbocycles. The smallest absolute Gasteiger partial charge is 0.338 e. The summed E-state index contributed by atoms with van der Waals surface area (Å²) in [5.74, 6) is -0.188. The lowest BCUT2D eigenvalue weighted by atomic mass is 10.0. The van der Waals surface area contributed by atoms with Gasteiger partial charge in [-0.3, -0.25) is 0 Å². The number of nitrogens with one attached hydrogen (secondary N) is 1. The molecule has 0 aliphatic carbocycles. The van der Waals surface area contributed by atoms with E-state index in [2.05, 4.69) is 12.2 Å². The van der Waals surface area contributed by atoms with Crippen LogP contribution in [0.25, 0.3) is 0 Å². The van der Waals surface area contributed by atoms with Gasteiger partial charge in [-0.25, -0.2) is 4.79 Å². The fourth-order valence-corrected chi connectivity index (χ4v) is 2.15. The molecule has 1 rings (SSSR count). The molecule has 0 radical (unpaired) electrons. The number of carbonyl (C=O) groups excluding carboxylic acids is 1. The van der Waals surface area contributed by atoms with Crippen molar-refractivity contribution >= 4 is 5.97 Å². The monoisotopic (exact) mass is 277 g/mol. The van der Waals surface area contributed by atoms with Crippen LogP contribution in [0.3, 0.4) is 0 Å². The molecular weight excluding hydrogens is 250 g/mol. The van der Waals surface area contributed by atoms with Crippen LogP contribution >= 0.6 is 0 Å². The van der Waals surface area contributed by atoms with Crippen LogP contribution in [0.5, 0.6) is 0 Å². The molecule has 0 aromatic heterocycles. The molecule has 0 bridgehead atoms. The summed E-state index contributed by atoms with van der Waals surface area (Å²) in [5.41, 5.74) is 1.76. The molecule has 0 fully saturated rings. The Balaban J connectivity index is 2.38. The third-order valence-corrected chi connectivity index (χ3v) is 3.36. The second-order valence-corrected chi connectivity index (χ2v) is 5.06. The Kier molecular flexibility index (Phi) is 8.72. The van der Waals surface area contributed by atoms with Crippen LogP contribution < -0.4 is 5.32 Å². The molecule has 3 heteroatoms. The van der Waals surface area contributed by atoms with E-state index in [4.69, 9.17) is 4.74 Å². The third-order valence-electron chi connectivity index (χ3n) is 3.36. The van der Waals surface area contributed by atoms with E-state index in [9.17, 15) is 4.79 Å². The summed E-state index contributed by atoms with van der Waals surface area (Å²) in [4.78, 5) is 12.1. The van der Waals surface area contributed by atoms with Gasteiger partial charge in [-0.05, 0) is 38.1 Å². The minimum Gasteiger partial charge on any atom is -0.462 e. The maximum absolute atomic E-state index is 12.1. The van der Waals surface area contributed by atoms with Crippen molar-refractivity contribution in [3.05, 3.63) is 35.4 Å². The predicted octanol–water partition coefficient (Wildman–Crippen LogP) is 3.58. The Morgan fingerprint density at radius 3 is 2.65 bits per heavy atom. The van der Waals surface area contributed by atoms with Crippen molar-refractivity contribution in [3.8, 4) is 0 Å². The fraction of sp³-hybridized carbons (Fsp3) is 0.588. The van der Waals surface area contributed by atoms with Crippen molar-refractivity contribution in [2.75, 3.05) is 20.2 Å². The Hall–Kier alpha value is -1.35. The predicted molar refractivity (Wildman–Crippen MR) is 83.1 cm³/mol. The first-order chi connectivity index (χ1) is 9.79. The lowest BCUT2D eigenvalue weighted by molar-refractivity contribution is 0.0496. The molecular formula is C17H27NO2. The van der Waals surface area contributed by atoms with E-state index >= 15 is 0 Å². The number of hydrogen-bond donors (Lipinski definition) is 1. The lowest BCUT2D eigenvalue weighted by Gasteiger charge is -2.09. The largest absolute Gasteiger partial charge is 0.462 e. The standard InChI is InChI=1S/C17H27NO2/c1-3-4-5-6-9-14-20-17(19)16-11-8-7-10-15(16)12-13-18-2/h7-8,10-11,18H,3-6,9,12-14H2,1-2H3. The van der Waals surface area contributed by atoms with Crippen LogP contribution in [0.2, 0.25) is 0 Å². The molecule has 0 saturated heterocycles. The highest BCUT2D eigenvalue weighted by molar-refractivity contribution is 5.91. The Morgan fingerprint density at radius 2 is 1.90 bits per heavy atom. The summed E-state index contributed by atoms with van der Waals surface area (Å²) in [6.07, 6.45) is 6.68. The molecule has 0 unspecified atom stereocenters. The SMILES string of the molecule is CCCCCCCOC(=O)c1ccccc1CCNC. The third kappa shape index (κ3) is 6.20. The molecule has 20 heavy (non-hydrogen) atoms. The molecule has 0 atom stereocenters. The number of ether oxygens (including phenoxy) is 1. The van der Waals surface area contributed by atoms with Crippen molar-refractivity contribution in [2.45, 2.75) is 45.4 Å². The molecule has 0 saturated carbocycles. The topological polar surface area (TPSA) is 38.3 Å². The summed E-state index contributed by atoms with van der Waals surface area (Å²) >= 11 is 0. The molecule has 0 amide bonds. The van der Waals surface area contributed by atoms with E-state index in [0.29, 0.717) is 12.2 Å². The van der Waals surface area contributed by atoms with Crippen LogP contribution in [-0.4, -0.2) is 26.2 Å². The number of likely N-dealkylation sites (N-methyl/N-ethyl adjacent to an activating group) is 1. The molecule has 0 spiro atoms. The van der Waals surface area contributed by atoms with Crippen LogP contribution in [-0.2, 0) is 11.2 Å². The number of rotatable bonds is 10. The Morgan fingerprint density at radius 1 is 1.15 bits per heavy atom. The van der Waals surface area contributed by atoms with Gasteiger partial charge in [0.25, 0.3) is 0 Å². The van der Waals surface area contributed by atoms with Crippen molar-refractivity contribution in [2.24, 2.45) is 0 Å². The van der Waals surface area contributed by atoms with Gasteiger partial charge >= 0.3 is 5.97 Å². The zero-order chi connectivity index (χ0) is 14.6.